The zero-order valence-electron chi connectivity index (χ0n) is 12.4. The van der Waals surface area contributed by atoms with Crippen LogP contribution in [-0.4, -0.2) is 17.9 Å². The van der Waals surface area contributed by atoms with Crippen molar-refractivity contribution in [2.75, 3.05) is 0 Å². The molecule has 4 nitrogen and oxygen atoms in total. The molecule has 114 valence electrons. The first kappa shape index (κ1) is 14.7. The van der Waals surface area contributed by atoms with Gasteiger partial charge in [0.05, 0.1) is 10.4 Å². The molecular formula is C17H17NO3S. The topological polar surface area (TPSA) is 58.8 Å². The van der Waals surface area contributed by atoms with E-state index in [0.29, 0.717) is 22.4 Å². The Morgan fingerprint density at radius 3 is 2.64 bits per heavy atom. The highest BCUT2D eigenvalue weighted by Gasteiger charge is 2.25. The second-order valence-corrected chi connectivity index (χ2v) is 7.17. The second-order valence-electron chi connectivity index (χ2n) is 5.28. The summed E-state index contributed by atoms with van der Waals surface area (Å²) in [7, 11) is -3.64. The van der Waals surface area contributed by atoms with Crippen LogP contribution in [0.1, 0.15) is 18.1 Å². The van der Waals surface area contributed by atoms with Crippen molar-refractivity contribution in [2.24, 2.45) is 0 Å². The molecule has 0 unspecified atom stereocenters. The van der Waals surface area contributed by atoms with E-state index < -0.39 is 9.84 Å². The molecule has 0 atom stereocenters. The summed E-state index contributed by atoms with van der Waals surface area (Å²) in [5.41, 5.74) is 2.00. The predicted octanol–water partition coefficient (Wildman–Crippen LogP) is 3.35. The third-order valence-corrected chi connectivity index (χ3v) is 5.72. The minimum atomic E-state index is -3.64. The van der Waals surface area contributed by atoms with Gasteiger partial charge in [-0.3, -0.25) is 0 Å². The van der Waals surface area contributed by atoms with Crippen molar-refractivity contribution in [1.29, 1.82) is 0 Å². The molecule has 0 saturated heterocycles. The number of fused-ring (bicyclic) bond motifs is 1. The van der Waals surface area contributed by atoms with Gasteiger partial charge in [0.25, 0.3) is 0 Å². The van der Waals surface area contributed by atoms with Crippen molar-refractivity contribution in [3.63, 3.8) is 0 Å². The Bertz CT molecular complexity index is 955. The highest BCUT2D eigenvalue weighted by Crippen LogP contribution is 2.31. The molecule has 0 spiro atoms. The Hall–Kier alpha value is -2.27. The summed E-state index contributed by atoms with van der Waals surface area (Å²) in [6.07, 6.45) is 4.33. The van der Waals surface area contributed by atoms with Gasteiger partial charge in [-0.15, -0.1) is 0 Å². The SMILES string of the molecule is CCc1cn2ccccc2c1S(=O)(=O)c1ccc(O)c(C)c1. The summed E-state index contributed by atoms with van der Waals surface area (Å²) in [5.74, 6) is 0.0939. The van der Waals surface area contributed by atoms with E-state index in [4.69, 9.17) is 0 Å². The van der Waals surface area contributed by atoms with Crippen LogP contribution in [-0.2, 0) is 16.3 Å². The van der Waals surface area contributed by atoms with Crippen LogP contribution in [0.3, 0.4) is 0 Å². The first-order valence-electron chi connectivity index (χ1n) is 7.08. The Balaban J connectivity index is 2.31. The number of phenols is 1. The summed E-state index contributed by atoms with van der Waals surface area (Å²) >= 11 is 0. The molecular weight excluding hydrogens is 298 g/mol. The molecule has 1 N–H and O–H groups in total. The third kappa shape index (κ3) is 2.18. The first-order valence-corrected chi connectivity index (χ1v) is 8.56. The van der Waals surface area contributed by atoms with Gasteiger partial charge in [-0.1, -0.05) is 13.0 Å². The molecule has 0 fully saturated rings. The molecule has 2 aromatic heterocycles. The maximum absolute atomic E-state index is 13.1. The number of pyridine rings is 1. The smallest absolute Gasteiger partial charge is 0.209 e. The van der Waals surface area contributed by atoms with Crippen LogP contribution in [0, 0.1) is 6.92 Å². The fraction of sp³-hybridized carbons (Fsp3) is 0.176. The second kappa shape index (κ2) is 5.18. The van der Waals surface area contributed by atoms with Crippen LogP contribution in [0.25, 0.3) is 5.52 Å². The first-order chi connectivity index (χ1) is 10.4. The molecule has 22 heavy (non-hydrogen) atoms. The average molecular weight is 315 g/mol. The maximum Gasteiger partial charge on any atom is 0.209 e. The van der Waals surface area contributed by atoms with Crippen LogP contribution >= 0.6 is 0 Å². The summed E-state index contributed by atoms with van der Waals surface area (Å²) in [6, 6.07) is 9.88. The Labute approximate surface area is 129 Å². The van der Waals surface area contributed by atoms with Gasteiger partial charge in [0.1, 0.15) is 10.6 Å². The number of sulfone groups is 1. The number of phenolic OH excluding ortho intramolecular Hbond substituents is 1. The standard InChI is InChI=1S/C17H17NO3S/c1-3-13-11-18-9-5-4-6-15(18)17(13)22(20,21)14-7-8-16(19)12(2)10-14/h4-11,19H,3H2,1-2H3. The van der Waals surface area contributed by atoms with Crippen molar-refractivity contribution >= 4 is 15.4 Å². The monoisotopic (exact) mass is 315 g/mol. The van der Waals surface area contributed by atoms with E-state index in [2.05, 4.69) is 0 Å². The lowest BCUT2D eigenvalue weighted by Gasteiger charge is -2.08. The molecule has 0 bridgehead atoms. The molecule has 2 heterocycles. The quantitative estimate of drug-likeness (QED) is 0.806. The molecule has 0 aliphatic carbocycles. The normalized spacial score (nSPS) is 11.9. The minimum absolute atomic E-state index is 0.0939. The van der Waals surface area contributed by atoms with Crippen LogP contribution in [0.15, 0.2) is 58.6 Å². The van der Waals surface area contributed by atoms with E-state index >= 15 is 0 Å². The molecule has 5 heteroatoms. The van der Waals surface area contributed by atoms with Gasteiger partial charge in [-0.05, 0) is 54.8 Å². The average Bonchev–Trinajstić information content (AvgIpc) is 2.89. The number of aromatic hydroxyl groups is 1. The number of benzene rings is 1. The highest BCUT2D eigenvalue weighted by molar-refractivity contribution is 7.91. The number of rotatable bonds is 3. The van der Waals surface area contributed by atoms with E-state index in [1.165, 1.54) is 18.2 Å². The number of aryl methyl sites for hydroxylation is 2. The van der Waals surface area contributed by atoms with Crippen molar-refractivity contribution in [3.05, 3.63) is 59.9 Å². The van der Waals surface area contributed by atoms with Gasteiger partial charge >= 0.3 is 0 Å². The molecule has 0 aliphatic heterocycles. The zero-order chi connectivity index (χ0) is 15.9. The van der Waals surface area contributed by atoms with E-state index in [0.717, 1.165) is 5.56 Å². The number of hydrogen-bond acceptors (Lipinski definition) is 3. The lowest BCUT2D eigenvalue weighted by atomic mass is 10.2. The van der Waals surface area contributed by atoms with Crippen molar-refractivity contribution < 1.29 is 13.5 Å². The summed E-state index contributed by atoms with van der Waals surface area (Å²) in [4.78, 5) is 0.551. The molecule has 3 rings (SSSR count). The predicted molar refractivity (Wildman–Crippen MR) is 85.1 cm³/mol. The summed E-state index contributed by atoms with van der Waals surface area (Å²) in [5, 5.41) is 9.61. The van der Waals surface area contributed by atoms with Crippen LogP contribution in [0.2, 0.25) is 0 Å². The molecule has 0 aliphatic rings. The van der Waals surface area contributed by atoms with Crippen LogP contribution in [0.5, 0.6) is 5.75 Å². The highest BCUT2D eigenvalue weighted by atomic mass is 32.2. The van der Waals surface area contributed by atoms with Crippen LogP contribution in [0.4, 0.5) is 0 Å². The lowest BCUT2D eigenvalue weighted by molar-refractivity contribution is 0.470. The van der Waals surface area contributed by atoms with E-state index in [-0.39, 0.29) is 10.6 Å². The van der Waals surface area contributed by atoms with Crippen molar-refractivity contribution in [2.45, 2.75) is 30.1 Å². The fourth-order valence-electron chi connectivity index (χ4n) is 2.63. The van der Waals surface area contributed by atoms with E-state index in [1.807, 2.05) is 35.9 Å². The molecule has 0 radical (unpaired) electrons. The lowest BCUT2D eigenvalue weighted by Crippen LogP contribution is -2.04. The van der Waals surface area contributed by atoms with Crippen LogP contribution < -0.4 is 0 Å². The van der Waals surface area contributed by atoms with Crippen molar-refractivity contribution in [1.82, 2.24) is 4.40 Å². The number of hydrogen-bond donors (Lipinski definition) is 1. The van der Waals surface area contributed by atoms with Gasteiger partial charge in [0.15, 0.2) is 0 Å². The minimum Gasteiger partial charge on any atom is -0.508 e. The van der Waals surface area contributed by atoms with E-state index in [1.54, 1.807) is 13.0 Å². The maximum atomic E-state index is 13.1. The summed E-state index contributed by atoms with van der Waals surface area (Å²) < 4.78 is 27.9. The van der Waals surface area contributed by atoms with Gasteiger partial charge < -0.3 is 9.51 Å². The Morgan fingerprint density at radius 1 is 1.18 bits per heavy atom. The van der Waals surface area contributed by atoms with E-state index in [9.17, 15) is 13.5 Å². The molecule has 0 saturated carbocycles. The largest absolute Gasteiger partial charge is 0.508 e. The van der Waals surface area contributed by atoms with Gasteiger partial charge in [0.2, 0.25) is 9.84 Å². The van der Waals surface area contributed by atoms with Gasteiger partial charge in [0, 0.05) is 12.4 Å². The molecule has 3 aromatic rings. The third-order valence-electron chi connectivity index (χ3n) is 3.84. The number of nitrogens with zero attached hydrogens (tertiary/aromatic N) is 1. The Morgan fingerprint density at radius 2 is 1.95 bits per heavy atom. The van der Waals surface area contributed by atoms with Crippen molar-refractivity contribution in [3.8, 4) is 5.75 Å². The van der Waals surface area contributed by atoms with Gasteiger partial charge in [-0.2, -0.15) is 0 Å². The number of aromatic nitrogens is 1. The fourth-order valence-corrected chi connectivity index (χ4v) is 4.43. The Kier molecular flexibility index (Phi) is 3.45. The molecule has 0 amide bonds. The molecule has 1 aromatic carbocycles. The zero-order valence-corrected chi connectivity index (χ0v) is 13.3. The summed E-state index contributed by atoms with van der Waals surface area (Å²) in [6.45, 7) is 3.63. The van der Waals surface area contributed by atoms with Gasteiger partial charge in [-0.25, -0.2) is 8.42 Å².